The van der Waals surface area contributed by atoms with Gasteiger partial charge < -0.3 is 10.0 Å². The zero-order valence-corrected chi connectivity index (χ0v) is 17.3. The van der Waals surface area contributed by atoms with Gasteiger partial charge in [-0.2, -0.15) is 0 Å². The lowest BCUT2D eigenvalue weighted by atomic mass is 10.1. The number of hydrogen-bond acceptors (Lipinski definition) is 4. The Labute approximate surface area is 176 Å². The van der Waals surface area contributed by atoms with Crippen molar-refractivity contribution >= 4 is 22.3 Å². The van der Waals surface area contributed by atoms with E-state index in [0.717, 1.165) is 16.5 Å². The molecule has 152 valence electrons. The van der Waals surface area contributed by atoms with E-state index in [4.69, 9.17) is 6.42 Å². The zero-order chi connectivity index (χ0) is 21.7. The third-order valence-electron chi connectivity index (χ3n) is 4.69. The molecule has 0 aliphatic heterocycles. The lowest BCUT2D eigenvalue weighted by Crippen LogP contribution is -2.25. The van der Waals surface area contributed by atoms with Gasteiger partial charge in [-0.25, -0.2) is 0 Å². The highest BCUT2D eigenvalue weighted by Gasteiger charge is 2.22. The van der Waals surface area contributed by atoms with Crippen LogP contribution in [0.4, 0.5) is 0 Å². The number of terminal acetylenes is 1. The van der Waals surface area contributed by atoms with Crippen LogP contribution >= 0.6 is 0 Å². The number of carbonyl (C=O) groups excluding carboxylic acids is 1. The van der Waals surface area contributed by atoms with E-state index in [1.54, 1.807) is 24.7 Å². The molecule has 0 aliphatic rings. The van der Waals surface area contributed by atoms with E-state index in [1.165, 1.54) is 11.0 Å². The SMILES string of the molecule is C#C/C=C(\C(O)=C/CC)c1nnc(CC(=O)N(C)C)n1-c1cccc2ccccc12. The van der Waals surface area contributed by atoms with E-state index in [2.05, 4.69) is 16.1 Å². The molecule has 30 heavy (non-hydrogen) atoms. The molecule has 0 radical (unpaired) electrons. The van der Waals surface area contributed by atoms with E-state index in [-0.39, 0.29) is 18.1 Å². The normalized spacial score (nSPS) is 12.1. The maximum absolute atomic E-state index is 12.4. The highest BCUT2D eigenvalue weighted by atomic mass is 16.3. The second kappa shape index (κ2) is 9.10. The van der Waals surface area contributed by atoms with Gasteiger partial charge in [0.2, 0.25) is 5.91 Å². The molecular formula is C24H24N4O2. The third-order valence-corrected chi connectivity index (χ3v) is 4.69. The number of fused-ring (bicyclic) bond motifs is 1. The Kier molecular flexibility index (Phi) is 6.33. The summed E-state index contributed by atoms with van der Waals surface area (Å²) in [6.07, 6.45) is 9.34. The number of allylic oxidation sites excluding steroid dienone is 3. The quantitative estimate of drug-likeness (QED) is 0.387. The number of aliphatic hydroxyl groups is 1. The molecule has 0 saturated carbocycles. The summed E-state index contributed by atoms with van der Waals surface area (Å²) < 4.78 is 1.80. The fraction of sp³-hybridized carbons (Fsp3) is 0.208. The summed E-state index contributed by atoms with van der Waals surface area (Å²) in [7, 11) is 3.39. The molecular weight excluding hydrogens is 376 g/mol. The van der Waals surface area contributed by atoms with Crippen LogP contribution in [0.2, 0.25) is 0 Å². The molecule has 6 heteroatoms. The van der Waals surface area contributed by atoms with Crippen molar-refractivity contribution < 1.29 is 9.90 Å². The van der Waals surface area contributed by atoms with Crippen LogP contribution in [0, 0.1) is 12.3 Å². The molecule has 0 unspecified atom stereocenters. The number of amides is 1. The fourth-order valence-electron chi connectivity index (χ4n) is 3.19. The smallest absolute Gasteiger partial charge is 0.229 e. The maximum atomic E-state index is 12.4. The molecule has 1 heterocycles. The Balaban J connectivity index is 2.31. The summed E-state index contributed by atoms with van der Waals surface area (Å²) >= 11 is 0. The summed E-state index contributed by atoms with van der Waals surface area (Å²) in [6, 6.07) is 13.8. The van der Waals surface area contributed by atoms with Crippen LogP contribution in [0.15, 0.2) is 60.4 Å². The van der Waals surface area contributed by atoms with Gasteiger partial charge in [0.05, 0.1) is 17.7 Å². The Morgan fingerprint density at radius 3 is 2.63 bits per heavy atom. The van der Waals surface area contributed by atoms with E-state index >= 15 is 0 Å². The van der Waals surface area contributed by atoms with Crippen molar-refractivity contribution in [2.24, 2.45) is 0 Å². The molecule has 2 aromatic carbocycles. The highest BCUT2D eigenvalue weighted by molar-refractivity contribution is 5.91. The fourth-order valence-corrected chi connectivity index (χ4v) is 3.19. The number of benzene rings is 2. The average Bonchev–Trinajstić information content (AvgIpc) is 3.14. The van der Waals surface area contributed by atoms with Crippen LogP contribution in [0.3, 0.4) is 0 Å². The van der Waals surface area contributed by atoms with Gasteiger partial charge in [0.25, 0.3) is 0 Å². The summed E-state index contributed by atoms with van der Waals surface area (Å²) in [5.74, 6) is 3.24. The van der Waals surface area contributed by atoms with Crippen molar-refractivity contribution in [1.82, 2.24) is 19.7 Å². The first-order chi connectivity index (χ1) is 14.5. The van der Waals surface area contributed by atoms with Gasteiger partial charge >= 0.3 is 0 Å². The zero-order valence-electron chi connectivity index (χ0n) is 17.3. The minimum absolute atomic E-state index is 0.0230. The lowest BCUT2D eigenvalue weighted by Gasteiger charge is -2.15. The van der Waals surface area contributed by atoms with Crippen molar-refractivity contribution in [2.75, 3.05) is 14.1 Å². The Morgan fingerprint density at radius 1 is 1.20 bits per heavy atom. The van der Waals surface area contributed by atoms with Gasteiger partial charge in [0, 0.05) is 25.6 Å². The molecule has 1 amide bonds. The van der Waals surface area contributed by atoms with E-state index < -0.39 is 0 Å². The van der Waals surface area contributed by atoms with Crippen molar-refractivity contribution in [3.8, 4) is 18.0 Å². The molecule has 0 spiro atoms. The standard InChI is InChI=1S/C24H24N4O2/c1-5-10-19(21(29)11-6-2)24-26-25-22(16-23(30)27(3)4)28(24)20-15-9-13-17-12-7-8-14-18(17)20/h1,7-15,29H,6,16H2,2-4H3/b19-10+,21-11+. The largest absolute Gasteiger partial charge is 0.508 e. The van der Waals surface area contributed by atoms with Crippen LogP contribution in [0.1, 0.15) is 25.0 Å². The van der Waals surface area contributed by atoms with Crippen molar-refractivity contribution in [3.63, 3.8) is 0 Å². The number of likely N-dealkylation sites (N-methyl/N-ethyl adjacent to an activating group) is 1. The van der Waals surface area contributed by atoms with Gasteiger partial charge in [-0.05, 0) is 23.9 Å². The summed E-state index contributed by atoms with van der Waals surface area (Å²) in [4.78, 5) is 13.9. The first-order valence-corrected chi connectivity index (χ1v) is 9.66. The molecule has 0 bridgehead atoms. The Bertz CT molecular complexity index is 1170. The molecule has 0 aliphatic carbocycles. The Morgan fingerprint density at radius 2 is 1.93 bits per heavy atom. The molecule has 1 aromatic heterocycles. The minimum atomic E-state index is -0.105. The first-order valence-electron chi connectivity index (χ1n) is 9.66. The minimum Gasteiger partial charge on any atom is -0.508 e. The highest BCUT2D eigenvalue weighted by Crippen LogP contribution is 2.29. The lowest BCUT2D eigenvalue weighted by molar-refractivity contribution is -0.128. The maximum Gasteiger partial charge on any atom is 0.229 e. The molecule has 3 rings (SSSR count). The number of nitrogens with zero attached hydrogens (tertiary/aromatic N) is 4. The van der Waals surface area contributed by atoms with Gasteiger partial charge in [0.15, 0.2) is 5.82 Å². The molecule has 3 aromatic rings. The number of carbonyl (C=O) groups is 1. The van der Waals surface area contributed by atoms with Gasteiger partial charge in [-0.1, -0.05) is 49.2 Å². The molecule has 6 nitrogen and oxygen atoms in total. The second-order valence-corrected chi connectivity index (χ2v) is 6.96. The van der Waals surface area contributed by atoms with Crippen LogP contribution in [-0.4, -0.2) is 44.8 Å². The van der Waals surface area contributed by atoms with Crippen molar-refractivity contribution in [3.05, 3.63) is 72.0 Å². The van der Waals surface area contributed by atoms with Gasteiger partial charge in [-0.3, -0.25) is 9.36 Å². The molecule has 0 fully saturated rings. The molecule has 1 N–H and O–H groups in total. The second-order valence-electron chi connectivity index (χ2n) is 6.96. The van der Waals surface area contributed by atoms with Crippen molar-refractivity contribution in [2.45, 2.75) is 19.8 Å². The van der Waals surface area contributed by atoms with Crippen LogP contribution in [0.25, 0.3) is 22.0 Å². The third kappa shape index (κ3) is 4.11. The van der Waals surface area contributed by atoms with E-state index in [9.17, 15) is 9.90 Å². The average molecular weight is 400 g/mol. The van der Waals surface area contributed by atoms with Crippen molar-refractivity contribution in [1.29, 1.82) is 0 Å². The summed E-state index contributed by atoms with van der Waals surface area (Å²) in [5, 5.41) is 21.2. The predicted octanol–water partition coefficient (Wildman–Crippen LogP) is 3.92. The molecule has 0 atom stereocenters. The number of hydrogen-bond donors (Lipinski definition) is 1. The monoisotopic (exact) mass is 400 g/mol. The number of aromatic nitrogens is 3. The van der Waals surface area contributed by atoms with Crippen LogP contribution in [-0.2, 0) is 11.2 Å². The van der Waals surface area contributed by atoms with E-state index in [0.29, 0.717) is 23.6 Å². The van der Waals surface area contributed by atoms with Gasteiger partial charge in [0.1, 0.15) is 11.6 Å². The first kappa shape index (κ1) is 20.9. The number of aliphatic hydroxyl groups excluding tert-OH is 1. The summed E-state index contributed by atoms with van der Waals surface area (Å²) in [6.45, 7) is 1.92. The predicted molar refractivity (Wildman–Crippen MR) is 119 cm³/mol. The summed E-state index contributed by atoms with van der Waals surface area (Å²) in [5.41, 5.74) is 1.19. The van der Waals surface area contributed by atoms with E-state index in [1.807, 2.05) is 49.4 Å². The van der Waals surface area contributed by atoms with Gasteiger partial charge in [-0.15, -0.1) is 16.6 Å². The Hall–Kier alpha value is -3.85. The molecule has 0 saturated heterocycles. The van der Waals surface area contributed by atoms with Crippen LogP contribution in [0.5, 0.6) is 0 Å². The van der Waals surface area contributed by atoms with Crippen LogP contribution < -0.4 is 0 Å². The number of rotatable bonds is 6. The topological polar surface area (TPSA) is 71.2 Å².